The number of carbonyl (C=O) groups excluding carboxylic acids is 4. The van der Waals surface area contributed by atoms with Crippen LogP contribution in [0.25, 0.3) is 0 Å². The molecule has 32 heavy (non-hydrogen) atoms. The maximum atomic E-state index is 13.0. The molecule has 182 valence electrons. The van der Waals surface area contributed by atoms with Crippen molar-refractivity contribution in [2.75, 3.05) is 12.0 Å². The molecule has 5 atom stereocenters. The lowest BCUT2D eigenvalue weighted by atomic mass is 9.96. The van der Waals surface area contributed by atoms with Crippen LogP contribution < -0.4 is 21.3 Å². The van der Waals surface area contributed by atoms with Crippen LogP contribution in [-0.4, -0.2) is 70.9 Å². The smallest absolute Gasteiger partial charge is 0.326 e. The van der Waals surface area contributed by atoms with E-state index < -0.39 is 47.9 Å². The third-order valence-corrected chi connectivity index (χ3v) is 6.22. The Morgan fingerprint density at radius 2 is 1.72 bits per heavy atom. The Morgan fingerprint density at radius 1 is 1.09 bits per heavy atom. The van der Waals surface area contributed by atoms with Crippen molar-refractivity contribution in [3.63, 3.8) is 0 Å². The van der Waals surface area contributed by atoms with Crippen LogP contribution in [0.1, 0.15) is 53.4 Å². The summed E-state index contributed by atoms with van der Waals surface area (Å²) in [5.41, 5.74) is 0. The van der Waals surface area contributed by atoms with Gasteiger partial charge in [0.2, 0.25) is 23.6 Å². The van der Waals surface area contributed by atoms with Crippen LogP contribution in [0.4, 0.5) is 0 Å². The second-order valence-electron chi connectivity index (χ2n) is 8.44. The Bertz CT molecular complexity index is 702. The lowest BCUT2D eigenvalue weighted by Crippen LogP contribution is -2.59. The predicted molar refractivity (Wildman–Crippen MR) is 122 cm³/mol. The number of thioether (sulfide) groups is 1. The van der Waals surface area contributed by atoms with Crippen molar-refractivity contribution in [2.45, 2.75) is 77.5 Å². The molecule has 0 bridgehead atoms. The lowest BCUT2D eigenvalue weighted by Gasteiger charge is -2.29. The number of aliphatic carboxylic acids is 1. The molecule has 0 aromatic carbocycles. The Kier molecular flexibility index (Phi) is 11.5. The van der Waals surface area contributed by atoms with Crippen LogP contribution in [0.5, 0.6) is 0 Å². The molecule has 10 nitrogen and oxygen atoms in total. The minimum absolute atomic E-state index is 0.210. The maximum Gasteiger partial charge on any atom is 0.326 e. The van der Waals surface area contributed by atoms with E-state index in [-0.39, 0.29) is 30.6 Å². The molecular formula is C21H36N4O6S. The molecule has 0 saturated carbocycles. The van der Waals surface area contributed by atoms with Gasteiger partial charge in [-0.05, 0) is 36.7 Å². The molecule has 1 rings (SSSR count). The van der Waals surface area contributed by atoms with E-state index in [2.05, 4.69) is 21.3 Å². The molecule has 4 amide bonds. The van der Waals surface area contributed by atoms with Crippen LogP contribution in [0.3, 0.4) is 0 Å². The van der Waals surface area contributed by atoms with E-state index in [0.717, 1.165) is 0 Å². The first kappa shape index (κ1) is 27.7. The van der Waals surface area contributed by atoms with E-state index in [9.17, 15) is 29.1 Å². The Balaban J connectivity index is 2.90. The van der Waals surface area contributed by atoms with E-state index in [4.69, 9.17) is 0 Å². The summed E-state index contributed by atoms with van der Waals surface area (Å²) in [6, 6.07) is -3.60. The number of nitrogens with one attached hydrogen (secondary N) is 4. The zero-order chi connectivity index (χ0) is 24.4. The monoisotopic (exact) mass is 472 g/mol. The standard InChI is InChI=1S/C21H36N4O6S/c1-6-12(4)17(20(29)23-14(21(30)31)9-10-32-5)25-19(28)16(11(2)3)24-18(27)13-7-8-15(26)22-13/h11-14,16-17H,6-10H2,1-5H3,(H,22,26)(H,23,29)(H,24,27)(H,25,28)(H,30,31)/t12-,13-,14-,16-,17-/m0/s1. The van der Waals surface area contributed by atoms with Gasteiger partial charge in [-0.25, -0.2) is 4.79 Å². The fraction of sp³-hybridized carbons (Fsp3) is 0.762. The normalized spacial score (nSPS) is 19.4. The molecule has 0 aromatic rings. The van der Waals surface area contributed by atoms with Gasteiger partial charge < -0.3 is 26.4 Å². The molecule has 0 aliphatic carbocycles. The summed E-state index contributed by atoms with van der Waals surface area (Å²) >= 11 is 1.48. The fourth-order valence-electron chi connectivity index (χ4n) is 3.30. The first-order valence-electron chi connectivity index (χ1n) is 10.9. The SMILES string of the molecule is CC[C@H](C)[C@H](NC(=O)[C@@H](NC(=O)[C@@H]1CCC(=O)N1)C(C)C)C(=O)N[C@@H](CCSC)C(=O)O. The molecule has 1 aliphatic rings. The van der Waals surface area contributed by atoms with Crippen molar-refractivity contribution >= 4 is 41.4 Å². The molecule has 11 heteroatoms. The van der Waals surface area contributed by atoms with E-state index in [1.54, 1.807) is 20.8 Å². The molecule has 1 saturated heterocycles. The highest BCUT2D eigenvalue weighted by molar-refractivity contribution is 7.98. The summed E-state index contributed by atoms with van der Waals surface area (Å²) in [4.78, 5) is 61.3. The average molecular weight is 473 g/mol. The summed E-state index contributed by atoms with van der Waals surface area (Å²) in [5.74, 6) is -2.86. The second kappa shape index (κ2) is 13.3. The van der Waals surface area contributed by atoms with Gasteiger partial charge in [-0.2, -0.15) is 11.8 Å². The molecular weight excluding hydrogens is 436 g/mol. The highest BCUT2D eigenvalue weighted by Crippen LogP contribution is 2.13. The van der Waals surface area contributed by atoms with Crippen molar-refractivity contribution in [1.29, 1.82) is 0 Å². The fourth-order valence-corrected chi connectivity index (χ4v) is 3.77. The number of rotatable bonds is 13. The quantitative estimate of drug-likeness (QED) is 0.258. The second-order valence-corrected chi connectivity index (χ2v) is 9.43. The highest BCUT2D eigenvalue weighted by atomic mass is 32.2. The number of carboxylic acid groups (broad SMARTS) is 1. The van der Waals surface area contributed by atoms with Gasteiger partial charge in [0.25, 0.3) is 0 Å². The van der Waals surface area contributed by atoms with Crippen LogP contribution in [0, 0.1) is 11.8 Å². The molecule has 0 aromatic heterocycles. The lowest BCUT2D eigenvalue weighted by molar-refractivity contribution is -0.142. The first-order chi connectivity index (χ1) is 15.0. The third-order valence-electron chi connectivity index (χ3n) is 5.58. The summed E-state index contributed by atoms with van der Waals surface area (Å²) in [6.45, 7) is 7.18. The molecule has 1 aliphatic heterocycles. The minimum atomic E-state index is -1.13. The predicted octanol–water partition coefficient (Wildman–Crippen LogP) is 0.259. The number of carboxylic acids is 1. The largest absolute Gasteiger partial charge is 0.480 e. The van der Waals surface area contributed by atoms with Gasteiger partial charge in [0.15, 0.2) is 0 Å². The molecule has 5 N–H and O–H groups in total. The number of amides is 4. The van der Waals surface area contributed by atoms with Crippen molar-refractivity contribution in [2.24, 2.45) is 11.8 Å². The molecule has 1 heterocycles. The summed E-state index contributed by atoms with van der Waals surface area (Å²) in [7, 11) is 0. The van der Waals surface area contributed by atoms with E-state index in [1.165, 1.54) is 11.8 Å². The highest BCUT2D eigenvalue weighted by Gasteiger charge is 2.35. The molecule has 0 unspecified atom stereocenters. The first-order valence-corrected chi connectivity index (χ1v) is 12.3. The van der Waals surface area contributed by atoms with Crippen LogP contribution in [0.15, 0.2) is 0 Å². The van der Waals surface area contributed by atoms with E-state index >= 15 is 0 Å². The van der Waals surface area contributed by atoms with Gasteiger partial charge in [-0.1, -0.05) is 34.1 Å². The van der Waals surface area contributed by atoms with E-state index in [0.29, 0.717) is 18.6 Å². The Morgan fingerprint density at radius 3 is 2.19 bits per heavy atom. The van der Waals surface area contributed by atoms with Crippen molar-refractivity contribution in [3.05, 3.63) is 0 Å². The van der Waals surface area contributed by atoms with Gasteiger partial charge in [-0.3, -0.25) is 19.2 Å². The van der Waals surface area contributed by atoms with Gasteiger partial charge in [0.1, 0.15) is 24.2 Å². The van der Waals surface area contributed by atoms with Crippen LogP contribution in [0.2, 0.25) is 0 Å². The van der Waals surface area contributed by atoms with Gasteiger partial charge in [-0.15, -0.1) is 0 Å². The van der Waals surface area contributed by atoms with Crippen LogP contribution in [-0.2, 0) is 24.0 Å². The van der Waals surface area contributed by atoms with Crippen molar-refractivity contribution < 1.29 is 29.1 Å². The summed E-state index contributed by atoms with van der Waals surface area (Å²) < 4.78 is 0. The van der Waals surface area contributed by atoms with Crippen molar-refractivity contribution in [1.82, 2.24) is 21.3 Å². The minimum Gasteiger partial charge on any atom is -0.480 e. The number of hydrogen-bond acceptors (Lipinski definition) is 6. The number of hydrogen-bond donors (Lipinski definition) is 5. The van der Waals surface area contributed by atoms with E-state index in [1.807, 2.05) is 13.2 Å². The average Bonchev–Trinajstić information content (AvgIpc) is 3.18. The Labute approximate surface area is 193 Å². The molecule has 0 spiro atoms. The maximum absolute atomic E-state index is 13.0. The van der Waals surface area contributed by atoms with Crippen LogP contribution >= 0.6 is 11.8 Å². The summed E-state index contributed by atoms with van der Waals surface area (Å²) in [6.07, 6.45) is 3.31. The van der Waals surface area contributed by atoms with Crippen molar-refractivity contribution in [3.8, 4) is 0 Å². The zero-order valence-corrected chi connectivity index (χ0v) is 20.2. The third kappa shape index (κ3) is 8.33. The molecule has 1 fully saturated rings. The topological polar surface area (TPSA) is 154 Å². The molecule has 0 radical (unpaired) electrons. The summed E-state index contributed by atoms with van der Waals surface area (Å²) in [5, 5.41) is 19.9. The zero-order valence-electron chi connectivity index (χ0n) is 19.4. The van der Waals surface area contributed by atoms with Gasteiger partial charge >= 0.3 is 5.97 Å². The Hall–Kier alpha value is -2.30. The van der Waals surface area contributed by atoms with Gasteiger partial charge in [0.05, 0.1) is 0 Å². The van der Waals surface area contributed by atoms with Gasteiger partial charge in [0, 0.05) is 6.42 Å². The number of carbonyl (C=O) groups is 5.